The molecule has 1 saturated carbocycles. The van der Waals surface area contributed by atoms with E-state index in [0.29, 0.717) is 17.8 Å². The molecule has 7 nitrogen and oxygen atoms in total. The normalized spacial score (nSPS) is 19.7. The van der Waals surface area contributed by atoms with Crippen molar-refractivity contribution in [1.82, 2.24) is 19.8 Å². The van der Waals surface area contributed by atoms with Gasteiger partial charge < -0.3 is 5.32 Å². The summed E-state index contributed by atoms with van der Waals surface area (Å²) in [5.41, 5.74) is 2.01. The molecule has 0 saturated heterocycles. The number of hydrogen-bond donors (Lipinski definition) is 1. The molecule has 2 atom stereocenters. The molecule has 1 fully saturated rings. The summed E-state index contributed by atoms with van der Waals surface area (Å²) in [6.07, 6.45) is 4.69. The molecule has 160 valence electrons. The van der Waals surface area contributed by atoms with E-state index < -0.39 is 9.84 Å². The van der Waals surface area contributed by atoms with Gasteiger partial charge in [-0.15, -0.1) is 5.10 Å². The number of sulfone groups is 1. The predicted molar refractivity (Wildman–Crippen MR) is 120 cm³/mol. The highest BCUT2D eigenvalue weighted by atomic mass is 32.2. The van der Waals surface area contributed by atoms with E-state index >= 15 is 0 Å². The van der Waals surface area contributed by atoms with Crippen molar-refractivity contribution in [1.29, 1.82) is 0 Å². The van der Waals surface area contributed by atoms with Gasteiger partial charge in [-0.3, -0.25) is 0 Å². The van der Waals surface area contributed by atoms with Crippen LogP contribution in [-0.4, -0.2) is 34.3 Å². The second-order valence-corrected chi connectivity index (χ2v) is 10.3. The van der Waals surface area contributed by atoms with Crippen LogP contribution in [0.3, 0.4) is 0 Å². The van der Waals surface area contributed by atoms with Crippen LogP contribution in [0, 0.1) is 12.8 Å². The van der Waals surface area contributed by atoms with Crippen molar-refractivity contribution < 1.29 is 8.42 Å². The molecule has 1 aliphatic rings. The maximum atomic E-state index is 13.3. The number of anilines is 1. The third kappa shape index (κ3) is 3.44. The maximum Gasteiger partial charge on any atom is 0.229 e. The summed E-state index contributed by atoms with van der Waals surface area (Å²) in [7, 11) is -3.85. The average molecular weight is 436 g/mol. The van der Waals surface area contributed by atoms with Gasteiger partial charge in [0.1, 0.15) is 5.82 Å². The first-order valence-electron chi connectivity index (χ1n) is 10.7. The number of benzene rings is 2. The Labute approximate surface area is 181 Å². The van der Waals surface area contributed by atoms with Gasteiger partial charge in [0.05, 0.1) is 10.4 Å². The molecule has 1 N–H and O–H groups in total. The first kappa shape index (κ1) is 19.9. The van der Waals surface area contributed by atoms with Crippen molar-refractivity contribution in [2.24, 2.45) is 5.92 Å². The van der Waals surface area contributed by atoms with E-state index in [2.05, 4.69) is 22.6 Å². The Morgan fingerprint density at radius 3 is 2.55 bits per heavy atom. The largest absolute Gasteiger partial charge is 0.366 e. The monoisotopic (exact) mass is 435 g/mol. The lowest BCUT2D eigenvalue weighted by Gasteiger charge is -2.30. The minimum atomic E-state index is -3.85. The van der Waals surface area contributed by atoms with E-state index in [1.54, 1.807) is 24.3 Å². The lowest BCUT2D eigenvalue weighted by molar-refractivity contribution is 0.349. The summed E-state index contributed by atoms with van der Waals surface area (Å²) in [5.74, 6) is 1.22. The fraction of sp³-hybridized carbons (Fsp3) is 0.348. The molecule has 2 unspecified atom stereocenters. The van der Waals surface area contributed by atoms with Gasteiger partial charge in [0.15, 0.2) is 5.65 Å². The molecule has 4 aromatic rings. The number of aryl methyl sites for hydroxylation is 1. The third-order valence-corrected chi connectivity index (χ3v) is 7.91. The van der Waals surface area contributed by atoms with Crippen LogP contribution in [0.4, 0.5) is 5.82 Å². The molecule has 0 radical (unpaired) electrons. The maximum absolute atomic E-state index is 13.3. The molecule has 2 aromatic heterocycles. The third-order valence-electron chi connectivity index (χ3n) is 6.24. The summed E-state index contributed by atoms with van der Waals surface area (Å²) in [6, 6.07) is 14.8. The zero-order valence-corrected chi connectivity index (χ0v) is 18.4. The number of hydrogen-bond acceptors (Lipinski definition) is 6. The number of rotatable bonds is 4. The molecule has 8 heteroatoms. The molecule has 2 aromatic carbocycles. The van der Waals surface area contributed by atoms with Gasteiger partial charge in [-0.25, -0.2) is 13.4 Å². The van der Waals surface area contributed by atoms with Gasteiger partial charge in [0.25, 0.3) is 0 Å². The Hall–Kier alpha value is -3.00. The Kier molecular flexibility index (Phi) is 4.89. The van der Waals surface area contributed by atoms with Gasteiger partial charge in [0.2, 0.25) is 14.9 Å². The highest BCUT2D eigenvalue weighted by molar-refractivity contribution is 7.91. The predicted octanol–water partition coefficient (Wildman–Crippen LogP) is 4.41. The molecule has 0 bridgehead atoms. The van der Waals surface area contributed by atoms with Gasteiger partial charge in [-0.05, 0) is 49.9 Å². The average Bonchev–Trinajstić information content (AvgIpc) is 3.21. The van der Waals surface area contributed by atoms with Crippen molar-refractivity contribution in [3.63, 3.8) is 0 Å². The second-order valence-electron chi connectivity index (χ2n) is 8.44. The van der Waals surface area contributed by atoms with Gasteiger partial charge in [-0.1, -0.05) is 54.8 Å². The van der Waals surface area contributed by atoms with Crippen LogP contribution in [0.5, 0.6) is 0 Å². The van der Waals surface area contributed by atoms with E-state index in [9.17, 15) is 8.42 Å². The first-order valence-corrected chi connectivity index (χ1v) is 12.2. The summed E-state index contributed by atoms with van der Waals surface area (Å²) in [5, 5.41) is 12.6. The zero-order chi connectivity index (χ0) is 21.6. The number of fused-ring (bicyclic) bond motifs is 3. The van der Waals surface area contributed by atoms with Crippen LogP contribution in [0.15, 0.2) is 58.5 Å². The Morgan fingerprint density at radius 2 is 1.77 bits per heavy atom. The van der Waals surface area contributed by atoms with Crippen LogP contribution in [0.1, 0.15) is 38.2 Å². The number of para-hydroxylation sites is 1. The van der Waals surface area contributed by atoms with Crippen molar-refractivity contribution in [3.8, 4) is 0 Å². The van der Waals surface area contributed by atoms with Crippen molar-refractivity contribution >= 4 is 32.2 Å². The SMILES string of the molecule is Cc1ccc(S(=O)(=O)c2nnn3c2nc(NC2CCCCC2C)c2ccccc23)cc1. The molecule has 0 aliphatic heterocycles. The van der Waals surface area contributed by atoms with Gasteiger partial charge in [0, 0.05) is 11.4 Å². The van der Waals surface area contributed by atoms with E-state index in [0.717, 1.165) is 22.9 Å². The van der Waals surface area contributed by atoms with Crippen molar-refractivity contribution in [3.05, 3.63) is 54.1 Å². The van der Waals surface area contributed by atoms with Crippen LogP contribution in [0.25, 0.3) is 16.6 Å². The molecule has 5 rings (SSSR count). The molecule has 2 heterocycles. The van der Waals surface area contributed by atoms with E-state index in [4.69, 9.17) is 4.98 Å². The van der Waals surface area contributed by atoms with Gasteiger partial charge in [-0.2, -0.15) is 4.52 Å². The first-order chi connectivity index (χ1) is 14.9. The minimum absolute atomic E-state index is 0.123. The Morgan fingerprint density at radius 1 is 1.03 bits per heavy atom. The van der Waals surface area contributed by atoms with Crippen LogP contribution >= 0.6 is 0 Å². The topological polar surface area (TPSA) is 89.2 Å². The zero-order valence-electron chi connectivity index (χ0n) is 17.6. The molecule has 0 spiro atoms. The fourth-order valence-corrected chi connectivity index (χ4v) is 5.60. The number of nitrogens with one attached hydrogen (secondary N) is 1. The fourth-order valence-electron chi connectivity index (χ4n) is 4.36. The quantitative estimate of drug-likeness (QED) is 0.511. The highest BCUT2D eigenvalue weighted by Crippen LogP contribution is 2.31. The molecule has 31 heavy (non-hydrogen) atoms. The number of nitrogens with zero attached hydrogens (tertiary/aromatic N) is 4. The van der Waals surface area contributed by atoms with Crippen LogP contribution in [0.2, 0.25) is 0 Å². The lowest BCUT2D eigenvalue weighted by atomic mass is 9.86. The van der Waals surface area contributed by atoms with Crippen molar-refractivity contribution in [2.75, 3.05) is 5.32 Å². The summed E-state index contributed by atoms with van der Waals surface area (Å²) in [4.78, 5) is 4.93. The summed E-state index contributed by atoms with van der Waals surface area (Å²) < 4.78 is 28.2. The van der Waals surface area contributed by atoms with E-state index in [1.165, 1.54) is 23.8 Å². The summed E-state index contributed by atoms with van der Waals surface area (Å²) in [6.45, 7) is 4.17. The summed E-state index contributed by atoms with van der Waals surface area (Å²) >= 11 is 0. The Balaban J connectivity index is 1.68. The number of aromatic nitrogens is 4. The molecule has 1 aliphatic carbocycles. The molecule has 0 amide bonds. The second kappa shape index (κ2) is 7.60. The van der Waals surface area contributed by atoms with Crippen LogP contribution in [-0.2, 0) is 9.84 Å². The minimum Gasteiger partial charge on any atom is -0.366 e. The molecular formula is C23H25N5O2S. The highest BCUT2D eigenvalue weighted by Gasteiger charge is 2.28. The van der Waals surface area contributed by atoms with Crippen LogP contribution < -0.4 is 5.32 Å². The van der Waals surface area contributed by atoms with E-state index in [-0.39, 0.29) is 15.6 Å². The van der Waals surface area contributed by atoms with Gasteiger partial charge >= 0.3 is 0 Å². The molecular weight excluding hydrogens is 410 g/mol. The smallest absolute Gasteiger partial charge is 0.229 e. The van der Waals surface area contributed by atoms with E-state index in [1.807, 2.05) is 31.2 Å². The Bertz CT molecular complexity index is 1360. The lowest BCUT2D eigenvalue weighted by Crippen LogP contribution is -2.30. The standard InChI is InChI=1S/C23H25N5O2S/c1-15-11-13-17(14-12-15)31(29,30)23-22-25-21(24-19-9-5-3-7-16(19)2)18-8-4-6-10-20(18)28(22)27-26-23/h4,6,8,10-14,16,19H,3,5,7,9H2,1-2H3,(H,24,25). The van der Waals surface area contributed by atoms with Crippen molar-refractivity contribution in [2.45, 2.75) is 55.5 Å².